The molecule has 0 unspecified atom stereocenters. The number of halogens is 2. The molecule has 0 aliphatic carbocycles. The molecule has 1 aliphatic heterocycles. The molecule has 11 heteroatoms. The van der Waals surface area contributed by atoms with Crippen molar-refractivity contribution in [3.05, 3.63) is 81.4 Å². The van der Waals surface area contributed by atoms with Crippen molar-refractivity contribution >= 4 is 55.2 Å². The van der Waals surface area contributed by atoms with Crippen molar-refractivity contribution in [2.45, 2.75) is 26.8 Å². The highest BCUT2D eigenvalue weighted by molar-refractivity contribution is 9.10. The molecule has 0 N–H and O–H groups in total. The van der Waals surface area contributed by atoms with Gasteiger partial charge in [0.1, 0.15) is 5.75 Å². The highest BCUT2D eigenvalue weighted by atomic mass is 79.9. The second-order valence-corrected chi connectivity index (χ2v) is 10.9. The van der Waals surface area contributed by atoms with Crippen LogP contribution in [0.3, 0.4) is 0 Å². The van der Waals surface area contributed by atoms with Crippen LogP contribution in [0.2, 0.25) is 0 Å². The summed E-state index contributed by atoms with van der Waals surface area (Å²) in [5.74, 6) is 1.18. The van der Waals surface area contributed by atoms with Crippen molar-refractivity contribution in [1.29, 1.82) is 0 Å². The van der Waals surface area contributed by atoms with E-state index in [1.807, 2.05) is 25.1 Å². The maximum absolute atomic E-state index is 13.9. The minimum absolute atomic E-state index is 0.187. The van der Waals surface area contributed by atoms with Gasteiger partial charge in [-0.05, 0) is 78.2 Å². The average Bonchev–Trinajstić information content (AvgIpc) is 3.18. The molecule has 0 spiro atoms. The highest BCUT2D eigenvalue weighted by Gasteiger charge is 2.35. The Kier molecular flexibility index (Phi) is 8.79. The predicted octanol–water partition coefficient (Wildman–Crippen LogP) is 4.74. The number of benzene rings is 2. The lowest BCUT2D eigenvalue weighted by atomic mass is 9.95. The van der Waals surface area contributed by atoms with Gasteiger partial charge in [0.15, 0.2) is 16.3 Å². The van der Waals surface area contributed by atoms with Gasteiger partial charge in [-0.2, -0.15) is 0 Å². The first-order valence-electron chi connectivity index (χ1n) is 11.8. The standard InChI is InChI=1S/C27H26Br2N2O6S/c1-6-36-21-13-17(28)16(12-20(21)35-5)24-23(26(33)37-7-2)14(3)30-27-31(24)25(32)22(38-27)11-15-8-9-19(34-4)18(29)10-15/h8-13,24H,6-7H2,1-5H3/b22-11+/t24-/m0/s1. The number of carbonyl (C=O) groups is 1. The van der Waals surface area contributed by atoms with E-state index in [0.717, 1.165) is 10.0 Å². The molecule has 2 aromatic carbocycles. The van der Waals surface area contributed by atoms with Crippen LogP contribution in [-0.4, -0.2) is 38.0 Å². The number of hydrogen-bond acceptors (Lipinski definition) is 8. The molecule has 38 heavy (non-hydrogen) atoms. The number of allylic oxidation sites excluding steroid dienone is 1. The van der Waals surface area contributed by atoms with Gasteiger partial charge in [0.25, 0.3) is 5.56 Å². The summed E-state index contributed by atoms with van der Waals surface area (Å²) in [5, 5.41) is 0. The third kappa shape index (κ3) is 5.32. The van der Waals surface area contributed by atoms with Crippen LogP contribution in [0.1, 0.15) is 37.9 Å². The van der Waals surface area contributed by atoms with Gasteiger partial charge >= 0.3 is 5.97 Å². The van der Waals surface area contributed by atoms with Crippen molar-refractivity contribution in [1.82, 2.24) is 4.57 Å². The Hall–Kier alpha value is -2.89. The fraction of sp³-hybridized carbons (Fsp3) is 0.296. The number of rotatable bonds is 8. The minimum Gasteiger partial charge on any atom is -0.496 e. The first-order chi connectivity index (χ1) is 18.2. The first kappa shape index (κ1) is 28.1. The Morgan fingerprint density at radius 3 is 2.42 bits per heavy atom. The molecular formula is C27H26Br2N2O6S. The van der Waals surface area contributed by atoms with Crippen LogP contribution < -0.4 is 29.1 Å². The number of fused-ring (bicyclic) bond motifs is 1. The summed E-state index contributed by atoms with van der Waals surface area (Å²) in [4.78, 5) is 32.2. The van der Waals surface area contributed by atoms with Crippen molar-refractivity contribution in [3.8, 4) is 17.2 Å². The number of carbonyl (C=O) groups excluding carboxylic acids is 1. The summed E-state index contributed by atoms with van der Waals surface area (Å²) in [6.07, 6.45) is 1.79. The Labute approximate surface area is 240 Å². The van der Waals surface area contributed by atoms with Crippen LogP contribution in [0.5, 0.6) is 17.2 Å². The van der Waals surface area contributed by atoms with Crippen molar-refractivity contribution < 1.29 is 23.7 Å². The molecule has 1 aliphatic rings. The Morgan fingerprint density at radius 1 is 1.05 bits per heavy atom. The fourth-order valence-electron chi connectivity index (χ4n) is 4.20. The number of ether oxygens (including phenoxy) is 4. The van der Waals surface area contributed by atoms with Crippen LogP contribution in [0.4, 0.5) is 0 Å². The zero-order valence-corrected chi connectivity index (χ0v) is 25.5. The zero-order valence-electron chi connectivity index (χ0n) is 21.5. The van der Waals surface area contributed by atoms with Gasteiger partial charge < -0.3 is 18.9 Å². The molecule has 3 aromatic rings. The molecule has 0 saturated heterocycles. The van der Waals surface area contributed by atoms with E-state index < -0.39 is 12.0 Å². The lowest BCUT2D eigenvalue weighted by molar-refractivity contribution is -0.139. The van der Waals surface area contributed by atoms with E-state index in [4.69, 9.17) is 18.9 Å². The van der Waals surface area contributed by atoms with Gasteiger partial charge in [-0.25, -0.2) is 9.79 Å². The summed E-state index contributed by atoms with van der Waals surface area (Å²) >= 11 is 8.38. The van der Waals surface area contributed by atoms with Crippen LogP contribution in [-0.2, 0) is 9.53 Å². The number of nitrogens with zero attached hydrogens (tertiary/aromatic N) is 2. The van der Waals surface area contributed by atoms with Gasteiger partial charge in [-0.1, -0.05) is 33.3 Å². The summed E-state index contributed by atoms with van der Waals surface area (Å²) < 4.78 is 25.4. The maximum Gasteiger partial charge on any atom is 0.338 e. The number of methoxy groups -OCH3 is 2. The molecule has 0 saturated carbocycles. The SMILES string of the molecule is CCOC(=O)C1=C(C)N=c2s/c(=C/c3ccc(OC)c(Br)c3)c(=O)n2[C@H]1c1cc(OC)c(OCC)cc1Br. The van der Waals surface area contributed by atoms with E-state index in [1.54, 1.807) is 46.3 Å². The summed E-state index contributed by atoms with van der Waals surface area (Å²) in [5.41, 5.74) is 1.94. The molecule has 0 radical (unpaired) electrons. The third-order valence-corrected chi connectivity index (χ3v) is 8.16. The third-order valence-electron chi connectivity index (χ3n) is 5.87. The second-order valence-electron chi connectivity index (χ2n) is 8.15. The molecular weight excluding hydrogens is 640 g/mol. The predicted molar refractivity (Wildman–Crippen MR) is 153 cm³/mol. The molecule has 0 fully saturated rings. The van der Waals surface area contributed by atoms with E-state index in [-0.39, 0.29) is 17.7 Å². The number of aromatic nitrogens is 1. The maximum atomic E-state index is 13.9. The highest BCUT2D eigenvalue weighted by Crippen LogP contribution is 2.41. The van der Waals surface area contributed by atoms with E-state index in [1.165, 1.54) is 15.9 Å². The molecule has 1 atom stereocenters. The van der Waals surface area contributed by atoms with Gasteiger partial charge in [0.2, 0.25) is 0 Å². The monoisotopic (exact) mass is 664 g/mol. The Bertz CT molecular complexity index is 1610. The zero-order chi connectivity index (χ0) is 27.6. The second kappa shape index (κ2) is 11.9. The van der Waals surface area contributed by atoms with Crippen LogP contribution in [0.15, 0.2) is 60.3 Å². The van der Waals surface area contributed by atoms with Crippen molar-refractivity contribution in [3.63, 3.8) is 0 Å². The van der Waals surface area contributed by atoms with Gasteiger partial charge in [-0.3, -0.25) is 9.36 Å². The molecule has 4 rings (SSSR count). The van der Waals surface area contributed by atoms with Crippen molar-refractivity contribution in [2.75, 3.05) is 27.4 Å². The van der Waals surface area contributed by atoms with E-state index in [0.29, 0.717) is 48.9 Å². The quantitative estimate of drug-likeness (QED) is 0.323. The Morgan fingerprint density at radius 2 is 1.79 bits per heavy atom. The first-order valence-corrected chi connectivity index (χ1v) is 14.2. The van der Waals surface area contributed by atoms with E-state index >= 15 is 0 Å². The van der Waals surface area contributed by atoms with E-state index in [2.05, 4.69) is 36.9 Å². The summed E-state index contributed by atoms with van der Waals surface area (Å²) in [6.45, 7) is 6.00. The Balaban J connectivity index is 1.98. The average molecular weight is 666 g/mol. The van der Waals surface area contributed by atoms with Crippen molar-refractivity contribution in [2.24, 2.45) is 4.99 Å². The normalized spacial score (nSPS) is 15.1. The molecule has 1 aromatic heterocycles. The fourth-order valence-corrected chi connectivity index (χ4v) is 6.34. The summed E-state index contributed by atoms with van der Waals surface area (Å²) in [6, 6.07) is 8.31. The van der Waals surface area contributed by atoms with Crippen LogP contribution >= 0.6 is 43.2 Å². The van der Waals surface area contributed by atoms with Crippen LogP contribution in [0, 0.1) is 0 Å². The number of thiazole rings is 1. The molecule has 200 valence electrons. The topological polar surface area (TPSA) is 88.4 Å². The lowest BCUT2D eigenvalue weighted by Gasteiger charge is -2.26. The minimum atomic E-state index is -0.797. The smallest absolute Gasteiger partial charge is 0.338 e. The van der Waals surface area contributed by atoms with E-state index in [9.17, 15) is 9.59 Å². The van der Waals surface area contributed by atoms with Crippen LogP contribution in [0.25, 0.3) is 6.08 Å². The largest absolute Gasteiger partial charge is 0.496 e. The lowest BCUT2D eigenvalue weighted by Crippen LogP contribution is -2.40. The molecule has 0 amide bonds. The molecule has 8 nitrogen and oxygen atoms in total. The molecule has 0 bridgehead atoms. The van der Waals surface area contributed by atoms with Gasteiger partial charge in [0, 0.05) is 4.47 Å². The molecule has 2 heterocycles. The number of esters is 1. The van der Waals surface area contributed by atoms with Gasteiger partial charge in [0.05, 0.1) is 53.8 Å². The van der Waals surface area contributed by atoms with Gasteiger partial charge in [-0.15, -0.1) is 0 Å². The number of hydrogen-bond donors (Lipinski definition) is 0. The summed E-state index contributed by atoms with van der Waals surface area (Å²) in [7, 11) is 3.14.